The lowest BCUT2D eigenvalue weighted by atomic mass is 9.83. The quantitative estimate of drug-likeness (QED) is 0.212. The zero-order valence-corrected chi connectivity index (χ0v) is 22.2. The number of methoxy groups -OCH3 is 1. The van der Waals surface area contributed by atoms with Crippen molar-refractivity contribution < 1.29 is 36.6 Å². The first-order valence-electron chi connectivity index (χ1n) is 12.0. The van der Waals surface area contributed by atoms with Gasteiger partial charge in [0.05, 0.1) is 13.0 Å². The highest BCUT2D eigenvalue weighted by Crippen LogP contribution is 2.41. The number of amides is 1. The van der Waals surface area contributed by atoms with Crippen LogP contribution in [0.1, 0.15) is 35.2 Å². The molecular weight excluding hydrogens is 539 g/mol. The number of carbonyl (C=O) groups is 2. The van der Waals surface area contributed by atoms with Crippen molar-refractivity contribution in [2.75, 3.05) is 18.6 Å². The van der Waals surface area contributed by atoms with Crippen LogP contribution in [0.25, 0.3) is 0 Å². The number of hydrogen-bond donors (Lipinski definition) is 0. The fraction of sp³-hybridized carbons (Fsp3) is 0.296. The number of aryl methyl sites for hydroxylation is 1. The molecule has 1 aliphatic rings. The first kappa shape index (κ1) is 28.3. The van der Waals surface area contributed by atoms with E-state index >= 15 is 8.78 Å². The van der Waals surface area contributed by atoms with Crippen LogP contribution in [0.4, 0.5) is 23.2 Å². The van der Waals surface area contributed by atoms with E-state index in [2.05, 4.69) is 0 Å². The lowest BCUT2D eigenvalue weighted by molar-refractivity contribution is -0.120. The third kappa shape index (κ3) is 5.68. The van der Waals surface area contributed by atoms with Crippen LogP contribution in [0, 0.1) is 23.4 Å². The number of ketones is 1. The predicted octanol–water partition coefficient (Wildman–Crippen LogP) is 4.82. The lowest BCUT2D eigenvalue weighted by Gasteiger charge is -2.19. The number of ether oxygens (including phenoxy) is 2. The summed E-state index contributed by atoms with van der Waals surface area (Å²) >= 11 is 0. The smallest absolute Gasteiger partial charge is 0.277 e. The van der Waals surface area contributed by atoms with Gasteiger partial charge in [-0.3, -0.25) is 14.4 Å². The minimum absolute atomic E-state index is 0.0919. The number of halogens is 4. The molecule has 0 N–H and O–H groups in total. The molecule has 1 aliphatic heterocycles. The Bertz CT molecular complexity index is 1440. The average Bonchev–Trinajstić information content (AvgIpc) is 3.18. The number of carbonyl (C=O) groups excluding carboxylic acids is 2. The normalized spacial score (nSPS) is 17.8. The van der Waals surface area contributed by atoms with Crippen LogP contribution in [0.3, 0.4) is 0 Å². The van der Waals surface area contributed by atoms with Crippen molar-refractivity contribution >= 4 is 26.6 Å². The third-order valence-corrected chi connectivity index (χ3v) is 6.77. The minimum atomic E-state index is -1.65. The zero-order chi connectivity index (χ0) is 28.4. The summed E-state index contributed by atoms with van der Waals surface area (Å²) < 4.78 is 69.2. The Kier molecular flexibility index (Phi) is 8.39. The summed E-state index contributed by atoms with van der Waals surface area (Å²) in [5.74, 6) is -6.86. The summed E-state index contributed by atoms with van der Waals surface area (Å²) in [6.45, 7) is 1.42. The molecule has 0 radical (unpaired) electrons. The van der Waals surface area contributed by atoms with Crippen LogP contribution in [-0.2, 0) is 11.3 Å². The van der Waals surface area contributed by atoms with E-state index < -0.39 is 76.9 Å². The summed E-state index contributed by atoms with van der Waals surface area (Å²) in [5, 5.41) is 0. The number of Topliss-reactive ketones (excluding diaryl/α,β-unsaturated/α-hetero) is 1. The van der Waals surface area contributed by atoms with Crippen LogP contribution < -0.4 is 19.9 Å². The first-order chi connectivity index (χ1) is 18.5. The molecule has 0 aliphatic carbocycles. The molecule has 2 unspecified atom stereocenters. The van der Waals surface area contributed by atoms with Crippen molar-refractivity contribution in [2.45, 2.75) is 31.9 Å². The number of rotatable bonds is 9. The van der Waals surface area contributed by atoms with Gasteiger partial charge in [0, 0.05) is 54.9 Å². The number of anilines is 1. The molecular formula is C27H25F4N2O5P. The van der Waals surface area contributed by atoms with Crippen molar-refractivity contribution in [1.82, 2.24) is 4.57 Å². The molecule has 1 amide bonds. The maximum Gasteiger partial charge on any atom is 0.277 e. The average molecular weight is 564 g/mol. The maximum absolute atomic E-state index is 15.1. The van der Waals surface area contributed by atoms with E-state index in [1.807, 2.05) is 9.24 Å². The molecule has 1 aromatic heterocycles. The van der Waals surface area contributed by atoms with Gasteiger partial charge in [0.15, 0.2) is 11.6 Å². The van der Waals surface area contributed by atoms with Gasteiger partial charge >= 0.3 is 0 Å². The van der Waals surface area contributed by atoms with Crippen LogP contribution >= 0.6 is 9.24 Å². The molecule has 4 atom stereocenters. The Labute approximate surface area is 223 Å². The number of hydrogen-bond acceptors (Lipinski definition) is 5. The fourth-order valence-corrected chi connectivity index (χ4v) is 4.90. The lowest BCUT2D eigenvalue weighted by Crippen LogP contribution is -2.35. The number of aromatic nitrogens is 1. The molecule has 4 rings (SSSR count). The summed E-state index contributed by atoms with van der Waals surface area (Å²) in [6, 6.07) is 8.36. The Balaban J connectivity index is 1.75. The highest BCUT2D eigenvalue weighted by molar-refractivity contribution is 7.16. The number of benzene rings is 2. The highest BCUT2D eigenvalue weighted by atomic mass is 31.0. The van der Waals surface area contributed by atoms with Crippen LogP contribution in [0.5, 0.6) is 11.5 Å². The molecule has 1 saturated heterocycles. The first-order valence-corrected chi connectivity index (χ1v) is 12.6. The molecule has 2 heterocycles. The van der Waals surface area contributed by atoms with Gasteiger partial charge < -0.3 is 18.9 Å². The second-order valence-corrected chi connectivity index (χ2v) is 9.41. The van der Waals surface area contributed by atoms with Gasteiger partial charge in [-0.2, -0.15) is 4.39 Å². The molecule has 12 heteroatoms. The molecule has 39 heavy (non-hydrogen) atoms. The maximum atomic E-state index is 15.1. The molecule has 7 nitrogen and oxygen atoms in total. The summed E-state index contributed by atoms with van der Waals surface area (Å²) in [5.41, 5.74) is -1.68. The van der Waals surface area contributed by atoms with E-state index in [-0.39, 0.29) is 23.6 Å². The minimum Gasteiger partial charge on any atom is -0.497 e. The van der Waals surface area contributed by atoms with Crippen molar-refractivity contribution in [1.29, 1.82) is 0 Å². The Morgan fingerprint density at radius 3 is 2.26 bits per heavy atom. The van der Waals surface area contributed by atoms with E-state index in [0.29, 0.717) is 0 Å². The van der Waals surface area contributed by atoms with Gasteiger partial charge in [0.1, 0.15) is 28.8 Å². The molecule has 0 bridgehead atoms. The summed E-state index contributed by atoms with van der Waals surface area (Å²) in [6.07, 6.45) is -0.908. The van der Waals surface area contributed by atoms with E-state index in [1.54, 1.807) is 6.92 Å². The van der Waals surface area contributed by atoms with E-state index in [0.717, 1.165) is 23.1 Å². The van der Waals surface area contributed by atoms with Gasteiger partial charge in [0.25, 0.3) is 5.56 Å². The van der Waals surface area contributed by atoms with Crippen LogP contribution in [0.15, 0.2) is 53.5 Å². The number of nitrogens with zero attached hydrogens (tertiary/aromatic N) is 2. The molecule has 1 fully saturated rings. The topological polar surface area (TPSA) is 77.8 Å². The molecule has 206 valence electrons. The predicted molar refractivity (Wildman–Crippen MR) is 138 cm³/mol. The molecule has 0 saturated carbocycles. The second kappa shape index (κ2) is 11.6. The Morgan fingerprint density at radius 1 is 1.05 bits per heavy atom. The second-order valence-electron chi connectivity index (χ2n) is 8.89. The zero-order valence-electron chi connectivity index (χ0n) is 21.0. The molecule has 3 aromatic rings. The SMILES string of the molecule is CCn1ccc(F)c(N2C[C@@H](c3c(F)cc(OC)cc3F)[C@H](CC(=O)c3ccc(OC(F)P)cc3)C2=O)c1=O. The van der Waals surface area contributed by atoms with Crippen LogP contribution in [-0.4, -0.2) is 36.0 Å². The van der Waals surface area contributed by atoms with Crippen molar-refractivity contribution in [3.8, 4) is 11.5 Å². The van der Waals surface area contributed by atoms with Crippen molar-refractivity contribution in [3.63, 3.8) is 0 Å². The largest absolute Gasteiger partial charge is 0.497 e. The summed E-state index contributed by atoms with van der Waals surface area (Å²) in [4.78, 5) is 40.6. The van der Waals surface area contributed by atoms with Gasteiger partial charge in [-0.05, 0) is 37.3 Å². The Hall–Kier alpha value is -3.72. The summed E-state index contributed by atoms with van der Waals surface area (Å²) in [7, 11) is 3.05. The van der Waals surface area contributed by atoms with E-state index in [9.17, 15) is 23.2 Å². The monoisotopic (exact) mass is 564 g/mol. The molecule has 2 aromatic carbocycles. The van der Waals surface area contributed by atoms with E-state index in [1.165, 1.54) is 42.1 Å². The highest BCUT2D eigenvalue weighted by Gasteiger charge is 2.46. The Morgan fingerprint density at radius 2 is 1.69 bits per heavy atom. The van der Waals surface area contributed by atoms with Crippen molar-refractivity contribution in [3.05, 3.63) is 87.6 Å². The van der Waals surface area contributed by atoms with E-state index in [4.69, 9.17) is 9.47 Å². The standard InChI is InChI=1S/C27H25F4N2O5P/c1-3-32-9-8-19(28)24(26(32)36)33-13-18(23-20(29)10-16(37-2)11-21(23)30)17(25(33)35)12-22(34)14-4-6-15(7-5-14)38-27(31)39/h4-11,17-18,27H,3,12-13,39H2,1-2H3/t17-,18+,27?/m0/s1. The van der Waals surface area contributed by atoms with Gasteiger partial charge in [-0.1, -0.05) is 9.24 Å². The molecule has 0 spiro atoms. The number of alkyl halides is 1. The van der Waals surface area contributed by atoms with Crippen LogP contribution in [0.2, 0.25) is 0 Å². The van der Waals surface area contributed by atoms with Gasteiger partial charge in [0.2, 0.25) is 12.0 Å². The van der Waals surface area contributed by atoms with Crippen molar-refractivity contribution in [2.24, 2.45) is 5.92 Å². The van der Waals surface area contributed by atoms with Gasteiger partial charge in [-0.25, -0.2) is 13.2 Å². The third-order valence-electron chi connectivity index (χ3n) is 6.64. The number of pyridine rings is 1. The van der Waals surface area contributed by atoms with Gasteiger partial charge in [-0.15, -0.1) is 0 Å². The fourth-order valence-electron chi connectivity index (χ4n) is 4.74.